The van der Waals surface area contributed by atoms with E-state index in [4.69, 9.17) is 15.3 Å². The molecule has 0 aromatic heterocycles. The van der Waals surface area contributed by atoms with Crippen molar-refractivity contribution in [2.75, 3.05) is 0 Å². The summed E-state index contributed by atoms with van der Waals surface area (Å²) in [5.74, 6) is 0. The van der Waals surface area contributed by atoms with Crippen molar-refractivity contribution < 1.29 is 12.6 Å². The van der Waals surface area contributed by atoms with Crippen LogP contribution in [0.25, 0.3) is 0 Å². The lowest BCUT2D eigenvalue weighted by atomic mass is 10.0. The largest absolute Gasteiger partial charge is 0.373 e. The van der Waals surface area contributed by atoms with Crippen molar-refractivity contribution in [3.8, 4) is 0 Å². The van der Waals surface area contributed by atoms with E-state index in [2.05, 4.69) is 0 Å². The standard InChI is InChI=1S/C14H14N2O3S/c15-14(16)20(17,18)19-13(11-7-3-1-4-8-11)12-9-5-2-6-10-12/h1-10,13H,(H3,15,16). The number of nitrogens with one attached hydrogen (secondary N) is 1. The maximum absolute atomic E-state index is 11.7. The highest BCUT2D eigenvalue weighted by Gasteiger charge is 2.25. The van der Waals surface area contributed by atoms with E-state index in [9.17, 15) is 8.42 Å². The number of nitrogens with two attached hydrogens (primary N) is 1. The summed E-state index contributed by atoms with van der Waals surface area (Å²) in [6.07, 6.45) is -0.828. The molecule has 2 aromatic carbocycles. The number of hydrogen-bond acceptors (Lipinski definition) is 4. The van der Waals surface area contributed by atoms with Crippen LogP contribution in [0.3, 0.4) is 0 Å². The molecule has 0 saturated heterocycles. The van der Waals surface area contributed by atoms with Crippen molar-refractivity contribution in [1.29, 1.82) is 5.41 Å². The van der Waals surface area contributed by atoms with Crippen molar-refractivity contribution in [3.05, 3.63) is 71.8 Å². The average Bonchev–Trinajstić information content (AvgIpc) is 2.46. The fraction of sp³-hybridized carbons (Fsp3) is 0.0714. The number of hydrogen-bond donors (Lipinski definition) is 2. The summed E-state index contributed by atoms with van der Waals surface area (Å²) in [6, 6.07) is 17.8. The summed E-state index contributed by atoms with van der Waals surface area (Å²) in [7, 11) is -4.23. The van der Waals surface area contributed by atoms with Crippen LogP contribution in [0.4, 0.5) is 0 Å². The fourth-order valence-electron chi connectivity index (χ4n) is 1.74. The van der Waals surface area contributed by atoms with E-state index < -0.39 is 21.4 Å². The fourth-order valence-corrected chi connectivity index (χ4v) is 2.32. The molecule has 0 atom stereocenters. The van der Waals surface area contributed by atoms with E-state index in [1.54, 1.807) is 48.5 Å². The van der Waals surface area contributed by atoms with Crippen LogP contribution in [0, 0.1) is 5.41 Å². The summed E-state index contributed by atoms with van der Waals surface area (Å²) in [5.41, 5.74) is 6.38. The van der Waals surface area contributed by atoms with Gasteiger partial charge in [-0.2, -0.15) is 8.42 Å². The molecule has 104 valence electrons. The molecule has 0 fully saturated rings. The maximum Gasteiger partial charge on any atom is 0.330 e. The molecular weight excluding hydrogens is 276 g/mol. The summed E-state index contributed by atoms with van der Waals surface area (Å²) in [6.45, 7) is 0. The van der Waals surface area contributed by atoms with Crippen LogP contribution < -0.4 is 5.73 Å². The van der Waals surface area contributed by atoms with Gasteiger partial charge in [-0.15, -0.1) is 0 Å². The molecule has 0 heterocycles. The zero-order chi connectivity index (χ0) is 14.6. The van der Waals surface area contributed by atoms with Gasteiger partial charge in [-0.25, -0.2) is 0 Å². The molecule has 0 radical (unpaired) electrons. The van der Waals surface area contributed by atoms with Crippen molar-refractivity contribution in [3.63, 3.8) is 0 Å². The normalized spacial score (nSPS) is 11.4. The van der Waals surface area contributed by atoms with Gasteiger partial charge in [0.25, 0.3) is 0 Å². The highest BCUT2D eigenvalue weighted by molar-refractivity contribution is 8.02. The van der Waals surface area contributed by atoms with E-state index in [0.717, 1.165) is 0 Å². The molecule has 0 unspecified atom stereocenters. The van der Waals surface area contributed by atoms with E-state index in [0.29, 0.717) is 11.1 Å². The highest BCUT2D eigenvalue weighted by atomic mass is 32.2. The second kappa shape index (κ2) is 5.85. The highest BCUT2D eigenvalue weighted by Crippen LogP contribution is 2.27. The van der Waals surface area contributed by atoms with Gasteiger partial charge in [0, 0.05) is 0 Å². The minimum Gasteiger partial charge on any atom is -0.373 e. The van der Waals surface area contributed by atoms with Gasteiger partial charge in [-0.05, 0) is 11.1 Å². The SMILES string of the molecule is N=C(N)S(=O)(=O)OC(c1ccccc1)c1ccccc1. The minimum absolute atomic E-state index is 0.670. The van der Waals surface area contributed by atoms with Gasteiger partial charge < -0.3 is 5.73 Å². The van der Waals surface area contributed by atoms with Gasteiger partial charge >= 0.3 is 10.1 Å². The first kappa shape index (κ1) is 14.2. The molecule has 6 heteroatoms. The van der Waals surface area contributed by atoms with Gasteiger partial charge in [0.05, 0.1) is 0 Å². The first-order chi connectivity index (χ1) is 9.50. The summed E-state index contributed by atoms with van der Waals surface area (Å²) in [5, 5.41) is 6.08. The molecule has 0 aliphatic rings. The third kappa shape index (κ3) is 3.23. The predicted molar refractivity (Wildman–Crippen MR) is 76.6 cm³/mol. The molecule has 2 aromatic rings. The van der Waals surface area contributed by atoms with Crippen LogP contribution >= 0.6 is 0 Å². The smallest absolute Gasteiger partial charge is 0.330 e. The van der Waals surface area contributed by atoms with Crippen LogP contribution in [0.15, 0.2) is 60.7 Å². The maximum atomic E-state index is 11.7. The van der Waals surface area contributed by atoms with Crippen LogP contribution in [-0.4, -0.2) is 13.6 Å². The lowest BCUT2D eigenvalue weighted by Crippen LogP contribution is -2.26. The second-order valence-electron chi connectivity index (χ2n) is 4.12. The Morgan fingerprint density at radius 3 is 1.70 bits per heavy atom. The Morgan fingerprint density at radius 2 is 1.35 bits per heavy atom. The van der Waals surface area contributed by atoms with Crippen molar-refractivity contribution >= 4 is 15.3 Å². The van der Waals surface area contributed by atoms with Gasteiger partial charge in [-0.3, -0.25) is 9.59 Å². The molecule has 2 rings (SSSR count). The van der Waals surface area contributed by atoms with Crippen molar-refractivity contribution in [2.24, 2.45) is 5.73 Å². The van der Waals surface area contributed by atoms with Gasteiger partial charge in [0.15, 0.2) is 0 Å². The first-order valence-corrected chi connectivity index (χ1v) is 7.29. The Balaban J connectivity index is 2.44. The molecule has 0 saturated carbocycles. The second-order valence-corrected chi connectivity index (χ2v) is 5.66. The lowest BCUT2D eigenvalue weighted by molar-refractivity contribution is 0.260. The molecule has 3 N–H and O–H groups in total. The van der Waals surface area contributed by atoms with Gasteiger partial charge in [0.1, 0.15) is 6.10 Å². The Morgan fingerprint density at radius 1 is 0.950 bits per heavy atom. The Bertz CT molecular complexity index is 645. The third-order valence-electron chi connectivity index (χ3n) is 2.70. The molecule has 0 bridgehead atoms. The van der Waals surface area contributed by atoms with Crippen LogP contribution in [0.2, 0.25) is 0 Å². The molecule has 0 amide bonds. The van der Waals surface area contributed by atoms with Crippen molar-refractivity contribution in [2.45, 2.75) is 6.10 Å². The molecular formula is C14H14N2O3S. The lowest BCUT2D eigenvalue weighted by Gasteiger charge is -2.17. The monoisotopic (exact) mass is 290 g/mol. The number of benzene rings is 2. The Kier molecular flexibility index (Phi) is 4.16. The summed E-state index contributed by atoms with van der Waals surface area (Å²) in [4.78, 5) is 0. The van der Waals surface area contributed by atoms with E-state index in [-0.39, 0.29) is 0 Å². The third-order valence-corrected chi connectivity index (χ3v) is 3.68. The van der Waals surface area contributed by atoms with Crippen LogP contribution in [0.1, 0.15) is 17.2 Å². The molecule has 20 heavy (non-hydrogen) atoms. The number of rotatable bonds is 4. The molecule has 5 nitrogen and oxygen atoms in total. The molecule has 0 aliphatic carbocycles. The average molecular weight is 290 g/mol. The zero-order valence-electron chi connectivity index (χ0n) is 10.6. The van der Waals surface area contributed by atoms with E-state index in [1.807, 2.05) is 12.1 Å². The Labute approximate surface area is 117 Å². The van der Waals surface area contributed by atoms with E-state index in [1.165, 1.54) is 0 Å². The van der Waals surface area contributed by atoms with E-state index >= 15 is 0 Å². The Hall–Kier alpha value is -2.18. The van der Waals surface area contributed by atoms with Crippen LogP contribution in [0.5, 0.6) is 0 Å². The van der Waals surface area contributed by atoms with Crippen LogP contribution in [-0.2, 0) is 14.3 Å². The summed E-state index contributed by atoms with van der Waals surface area (Å²) < 4.78 is 28.5. The minimum atomic E-state index is -4.23. The van der Waals surface area contributed by atoms with Gasteiger partial charge in [0.2, 0.25) is 5.17 Å². The molecule has 0 spiro atoms. The van der Waals surface area contributed by atoms with Gasteiger partial charge in [-0.1, -0.05) is 60.7 Å². The first-order valence-electron chi connectivity index (χ1n) is 5.88. The van der Waals surface area contributed by atoms with Crippen molar-refractivity contribution in [1.82, 2.24) is 0 Å². The zero-order valence-corrected chi connectivity index (χ0v) is 11.4. The topological polar surface area (TPSA) is 93.2 Å². The quantitative estimate of drug-likeness (QED) is 0.512. The predicted octanol–water partition coefficient (Wildman–Crippen LogP) is 2.02. The summed E-state index contributed by atoms with van der Waals surface area (Å²) >= 11 is 0. The number of amidine groups is 1. The molecule has 0 aliphatic heterocycles.